The van der Waals surface area contributed by atoms with Crippen molar-refractivity contribution in [2.45, 2.75) is 6.04 Å². The molecule has 102 valence electrons. The minimum Gasteiger partial charge on any atom is -0.480 e. The molecule has 3 rings (SSSR count). The quantitative estimate of drug-likeness (QED) is 0.845. The van der Waals surface area contributed by atoms with Gasteiger partial charge in [-0.25, -0.2) is 4.79 Å². The molecular weight excluding hydrogens is 248 g/mol. The fraction of sp³-hybridized carbons (Fsp3) is 0.462. The number of benzene rings is 1. The van der Waals surface area contributed by atoms with Crippen molar-refractivity contribution in [3.8, 4) is 11.5 Å². The molecule has 0 aliphatic carbocycles. The van der Waals surface area contributed by atoms with E-state index in [0.29, 0.717) is 24.6 Å². The van der Waals surface area contributed by atoms with Gasteiger partial charge in [-0.2, -0.15) is 0 Å². The molecule has 6 nitrogen and oxygen atoms in total. The van der Waals surface area contributed by atoms with E-state index in [-0.39, 0.29) is 6.79 Å². The Kier molecular flexibility index (Phi) is 2.94. The van der Waals surface area contributed by atoms with Gasteiger partial charge in [0.25, 0.3) is 0 Å². The molecule has 19 heavy (non-hydrogen) atoms. The number of carbonyl (C=O) groups is 1. The molecule has 0 amide bonds. The van der Waals surface area contributed by atoms with Crippen LogP contribution < -0.4 is 14.4 Å². The first-order chi connectivity index (χ1) is 9.15. The standard InChI is InChI=1S/C13H16N2O4/c1-14-4-5-15(10(7-14)13(16)17)9-2-3-11-12(6-9)19-8-18-11/h2-3,6,10H,4-5,7-8H2,1H3,(H,16,17). The zero-order chi connectivity index (χ0) is 13.4. The van der Waals surface area contributed by atoms with Gasteiger partial charge < -0.3 is 24.4 Å². The number of likely N-dealkylation sites (N-methyl/N-ethyl adjacent to an activating group) is 1. The number of aliphatic carboxylic acids is 1. The maximum Gasteiger partial charge on any atom is 0.327 e. The number of hydrogen-bond acceptors (Lipinski definition) is 5. The lowest BCUT2D eigenvalue weighted by atomic mass is 10.1. The number of piperazine rings is 1. The van der Waals surface area contributed by atoms with E-state index in [1.165, 1.54) is 0 Å². The zero-order valence-electron chi connectivity index (χ0n) is 10.7. The first-order valence-electron chi connectivity index (χ1n) is 6.23. The van der Waals surface area contributed by atoms with Crippen molar-refractivity contribution < 1.29 is 19.4 Å². The third kappa shape index (κ3) is 2.19. The first-order valence-corrected chi connectivity index (χ1v) is 6.23. The Morgan fingerprint density at radius 1 is 1.32 bits per heavy atom. The van der Waals surface area contributed by atoms with Gasteiger partial charge >= 0.3 is 5.97 Å². The number of carboxylic acids is 1. The van der Waals surface area contributed by atoms with Crippen molar-refractivity contribution in [2.75, 3.05) is 38.4 Å². The largest absolute Gasteiger partial charge is 0.480 e. The smallest absolute Gasteiger partial charge is 0.327 e. The summed E-state index contributed by atoms with van der Waals surface area (Å²) in [5, 5.41) is 9.36. The van der Waals surface area contributed by atoms with Gasteiger partial charge in [-0.1, -0.05) is 0 Å². The van der Waals surface area contributed by atoms with Crippen LogP contribution in [-0.2, 0) is 4.79 Å². The monoisotopic (exact) mass is 264 g/mol. The van der Waals surface area contributed by atoms with Crippen molar-refractivity contribution in [3.63, 3.8) is 0 Å². The topological polar surface area (TPSA) is 62.2 Å². The normalized spacial score (nSPS) is 22.6. The molecule has 1 fully saturated rings. The van der Waals surface area contributed by atoms with Crippen molar-refractivity contribution in [3.05, 3.63) is 18.2 Å². The summed E-state index contributed by atoms with van der Waals surface area (Å²) in [5.41, 5.74) is 0.866. The summed E-state index contributed by atoms with van der Waals surface area (Å²) in [6.45, 7) is 2.28. The Morgan fingerprint density at radius 2 is 2.11 bits per heavy atom. The fourth-order valence-corrected chi connectivity index (χ4v) is 2.50. The summed E-state index contributed by atoms with van der Waals surface area (Å²) in [7, 11) is 1.94. The molecule has 0 aromatic heterocycles. The van der Waals surface area contributed by atoms with Gasteiger partial charge in [-0.3, -0.25) is 0 Å². The Balaban J connectivity index is 1.89. The zero-order valence-corrected chi connectivity index (χ0v) is 10.7. The van der Waals surface area contributed by atoms with E-state index in [0.717, 1.165) is 12.2 Å². The number of hydrogen-bond donors (Lipinski definition) is 1. The molecule has 1 unspecified atom stereocenters. The number of carboxylic acid groups (broad SMARTS) is 1. The van der Waals surface area contributed by atoms with Gasteiger partial charge in [-0.05, 0) is 19.2 Å². The summed E-state index contributed by atoms with van der Waals surface area (Å²) < 4.78 is 10.6. The summed E-state index contributed by atoms with van der Waals surface area (Å²) in [6.07, 6.45) is 0. The molecule has 1 N–H and O–H groups in total. The summed E-state index contributed by atoms with van der Waals surface area (Å²) >= 11 is 0. The molecule has 0 bridgehead atoms. The third-order valence-corrected chi connectivity index (χ3v) is 3.56. The molecule has 0 radical (unpaired) electrons. The second kappa shape index (κ2) is 4.62. The SMILES string of the molecule is CN1CCN(c2ccc3c(c2)OCO3)C(C(=O)O)C1. The lowest BCUT2D eigenvalue weighted by Crippen LogP contribution is -2.55. The van der Waals surface area contributed by atoms with Crippen molar-refractivity contribution in [1.29, 1.82) is 0 Å². The minimum atomic E-state index is -0.802. The Bertz CT molecular complexity index is 505. The lowest BCUT2D eigenvalue weighted by molar-refractivity contribution is -0.139. The van der Waals surface area contributed by atoms with E-state index in [1.54, 1.807) is 0 Å². The Morgan fingerprint density at radius 3 is 2.89 bits per heavy atom. The van der Waals surface area contributed by atoms with Crippen LogP contribution in [0.2, 0.25) is 0 Å². The Labute approximate surface area is 111 Å². The van der Waals surface area contributed by atoms with Crippen molar-refractivity contribution >= 4 is 11.7 Å². The molecule has 1 aromatic rings. The molecule has 1 saturated heterocycles. The fourth-order valence-electron chi connectivity index (χ4n) is 2.50. The van der Waals surface area contributed by atoms with Crippen molar-refractivity contribution in [1.82, 2.24) is 4.90 Å². The molecule has 1 atom stereocenters. The molecule has 0 saturated carbocycles. The minimum absolute atomic E-state index is 0.226. The molecule has 2 aliphatic heterocycles. The van der Waals surface area contributed by atoms with Gasteiger partial charge in [0.05, 0.1) is 0 Å². The second-order valence-electron chi connectivity index (χ2n) is 4.85. The number of fused-ring (bicyclic) bond motifs is 1. The van der Waals surface area contributed by atoms with Gasteiger partial charge in [0.1, 0.15) is 6.04 Å². The van der Waals surface area contributed by atoms with E-state index < -0.39 is 12.0 Å². The highest BCUT2D eigenvalue weighted by atomic mass is 16.7. The van der Waals surface area contributed by atoms with Gasteiger partial charge in [-0.15, -0.1) is 0 Å². The molecular formula is C13H16N2O4. The summed E-state index contributed by atoms with van der Waals surface area (Å²) in [5.74, 6) is 0.592. The average Bonchev–Trinajstić information content (AvgIpc) is 2.85. The number of anilines is 1. The Hall–Kier alpha value is -1.95. The van der Waals surface area contributed by atoms with Crippen LogP contribution in [0.15, 0.2) is 18.2 Å². The lowest BCUT2D eigenvalue weighted by Gasteiger charge is -2.39. The molecule has 2 aliphatic rings. The second-order valence-corrected chi connectivity index (χ2v) is 4.85. The predicted molar refractivity (Wildman–Crippen MR) is 68.8 cm³/mol. The highest BCUT2D eigenvalue weighted by Gasteiger charge is 2.31. The van der Waals surface area contributed by atoms with Crippen LogP contribution in [-0.4, -0.2) is 55.5 Å². The average molecular weight is 264 g/mol. The van der Waals surface area contributed by atoms with Crippen molar-refractivity contribution in [2.24, 2.45) is 0 Å². The van der Waals surface area contributed by atoms with Gasteiger partial charge in [0.2, 0.25) is 6.79 Å². The van der Waals surface area contributed by atoms with Crippen LogP contribution in [0.3, 0.4) is 0 Å². The number of rotatable bonds is 2. The van der Waals surface area contributed by atoms with Crippen LogP contribution in [0.5, 0.6) is 11.5 Å². The molecule has 0 spiro atoms. The maximum absolute atomic E-state index is 11.4. The van der Waals surface area contributed by atoms with Crippen LogP contribution in [0.1, 0.15) is 0 Å². The van der Waals surface area contributed by atoms with E-state index in [1.807, 2.05) is 35.0 Å². The van der Waals surface area contributed by atoms with E-state index >= 15 is 0 Å². The summed E-state index contributed by atoms with van der Waals surface area (Å²) in [4.78, 5) is 15.3. The first kappa shape index (κ1) is 12.1. The van der Waals surface area contributed by atoms with Crippen LogP contribution in [0.25, 0.3) is 0 Å². The van der Waals surface area contributed by atoms with Crippen LogP contribution >= 0.6 is 0 Å². The highest BCUT2D eigenvalue weighted by Crippen LogP contribution is 2.36. The number of ether oxygens (including phenoxy) is 2. The van der Waals surface area contributed by atoms with Gasteiger partial charge in [0.15, 0.2) is 11.5 Å². The van der Waals surface area contributed by atoms with E-state index in [4.69, 9.17) is 9.47 Å². The molecule has 2 heterocycles. The maximum atomic E-state index is 11.4. The third-order valence-electron chi connectivity index (χ3n) is 3.56. The van der Waals surface area contributed by atoms with Gasteiger partial charge in [0, 0.05) is 31.4 Å². The molecule has 6 heteroatoms. The predicted octanol–water partition coefficient (Wildman–Crippen LogP) is 0.620. The van der Waals surface area contributed by atoms with E-state index in [9.17, 15) is 9.90 Å². The summed E-state index contributed by atoms with van der Waals surface area (Å²) in [6, 6.07) is 5.03. The molecule has 1 aromatic carbocycles. The highest BCUT2D eigenvalue weighted by molar-refractivity contribution is 5.79. The number of nitrogens with zero attached hydrogens (tertiary/aromatic N) is 2. The van der Waals surface area contributed by atoms with Crippen LogP contribution in [0, 0.1) is 0 Å². The van der Waals surface area contributed by atoms with Crippen LogP contribution in [0.4, 0.5) is 5.69 Å². The van der Waals surface area contributed by atoms with E-state index in [2.05, 4.69) is 0 Å².